The van der Waals surface area contributed by atoms with E-state index in [1.165, 1.54) is 0 Å². The molecular weight excluding hydrogens is 259 g/mol. The highest BCUT2D eigenvalue weighted by molar-refractivity contribution is 5.35. The Morgan fingerprint density at radius 2 is 1.89 bits per heavy atom. The topological polar surface area (TPSA) is 30.5 Å². The highest BCUT2D eigenvalue weighted by Gasteiger charge is 2.28. The second-order valence-corrected chi connectivity index (χ2v) is 3.93. The summed E-state index contributed by atoms with van der Waals surface area (Å²) in [6.45, 7) is 1.36. The van der Waals surface area contributed by atoms with Crippen molar-refractivity contribution in [3.05, 3.63) is 29.8 Å². The molecule has 1 aromatic carbocycles. The van der Waals surface area contributed by atoms with Gasteiger partial charge < -0.3 is 10.1 Å². The van der Waals surface area contributed by atoms with Crippen LogP contribution in [0.4, 0.5) is 13.2 Å². The predicted molar refractivity (Wildman–Crippen MR) is 66.0 cm³/mol. The average molecular weight is 277 g/mol. The third kappa shape index (κ3) is 5.48. The van der Waals surface area contributed by atoms with Crippen molar-refractivity contribution in [1.29, 1.82) is 0 Å². The maximum atomic E-state index is 11.8. The molecule has 0 aliphatic rings. The largest absolute Gasteiger partial charge is 0.522 e. The van der Waals surface area contributed by atoms with E-state index < -0.39 is 13.0 Å². The summed E-state index contributed by atoms with van der Waals surface area (Å²) in [6, 6.07) is 7.40. The zero-order chi connectivity index (χ0) is 14.3. The van der Waals surface area contributed by atoms with E-state index in [1.54, 1.807) is 12.1 Å². The molecule has 0 aromatic heterocycles. The number of alkyl halides is 3. The minimum atomic E-state index is -4.61. The third-order valence-corrected chi connectivity index (χ3v) is 2.66. The normalized spacial score (nSPS) is 13.3. The molecule has 19 heavy (non-hydrogen) atoms. The lowest BCUT2D eigenvalue weighted by molar-refractivity contribution is -0.325. The van der Waals surface area contributed by atoms with Gasteiger partial charge in [0.2, 0.25) is 0 Å². The molecule has 0 radical (unpaired) electrons. The number of nitrogens with one attached hydrogen (secondary N) is 1. The summed E-state index contributed by atoms with van der Waals surface area (Å²) in [7, 11) is 1.83. The van der Waals surface area contributed by atoms with Gasteiger partial charge in [-0.1, -0.05) is 25.1 Å². The van der Waals surface area contributed by atoms with Crippen molar-refractivity contribution in [3.8, 4) is 5.75 Å². The molecule has 0 heterocycles. The Morgan fingerprint density at radius 1 is 1.21 bits per heavy atom. The van der Waals surface area contributed by atoms with E-state index in [0.29, 0.717) is 5.75 Å². The number of para-hydroxylation sites is 1. The van der Waals surface area contributed by atoms with Gasteiger partial charge in [0.15, 0.2) is 0 Å². The van der Waals surface area contributed by atoms with Crippen molar-refractivity contribution in [2.24, 2.45) is 0 Å². The molecule has 1 unspecified atom stereocenters. The number of halogens is 3. The fourth-order valence-electron chi connectivity index (χ4n) is 1.79. The van der Waals surface area contributed by atoms with Gasteiger partial charge in [0.05, 0.1) is 6.61 Å². The predicted octanol–water partition coefficient (Wildman–Crippen LogP) is 3.27. The van der Waals surface area contributed by atoms with Crippen LogP contribution in [0.1, 0.15) is 24.9 Å². The number of hydrogen-bond donors (Lipinski definition) is 1. The maximum absolute atomic E-state index is 11.8. The molecule has 1 aromatic rings. The van der Waals surface area contributed by atoms with Crippen LogP contribution in [0.5, 0.6) is 5.75 Å². The van der Waals surface area contributed by atoms with Crippen LogP contribution in [0, 0.1) is 0 Å². The van der Waals surface area contributed by atoms with Gasteiger partial charge in [-0.15, -0.1) is 13.2 Å². The van der Waals surface area contributed by atoms with Crippen LogP contribution >= 0.6 is 0 Å². The molecule has 1 N–H and O–H groups in total. The van der Waals surface area contributed by atoms with Crippen molar-refractivity contribution in [2.45, 2.75) is 25.7 Å². The first kappa shape index (κ1) is 15.8. The van der Waals surface area contributed by atoms with E-state index in [9.17, 15) is 13.2 Å². The first-order valence-electron chi connectivity index (χ1n) is 6.07. The molecule has 108 valence electrons. The highest BCUT2D eigenvalue weighted by Crippen LogP contribution is 2.26. The summed E-state index contributed by atoms with van der Waals surface area (Å²) in [6.07, 6.45) is -3.75. The van der Waals surface area contributed by atoms with E-state index >= 15 is 0 Å². The molecule has 0 spiro atoms. The van der Waals surface area contributed by atoms with Gasteiger partial charge in [-0.05, 0) is 19.5 Å². The fraction of sp³-hybridized carbons (Fsp3) is 0.538. The minimum Gasteiger partial charge on any atom is -0.491 e. The van der Waals surface area contributed by atoms with Gasteiger partial charge in [-0.25, -0.2) is 0 Å². The van der Waals surface area contributed by atoms with E-state index in [-0.39, 0.29) is 12.6 Å². The molecule has 0 aliphatic heterocycles. The Balaban J connectivity index is 2.58. The van der Waals surface area contributed by atoms with Crippen LogP contribution in [-0.4, -0.2) is 26.6 Å². The molecule has 6 heteroatoms. The van der Waals surface area contributed by atoms with Gasteiger partial charge in [0, 0.05) is 11.6 Å². The Hall–Kier alpha value is -1.27. The lowest BCUT2D eigenvalue weighted by Crippen LogP contribution is -2.20. The van der Waals surface area contributed by atoms with Crippen LogP contribution in [0.2, 0.25) is 0 Å². The lowest BCUT2D eigenvalue weighted by atomic mass is 10.0. The van der Waals surface area contributed by atoms with Crippen molar-refractivity contribution in [2.75, 3.05) is 20.3 Å². The standard InChI is InChI=1S/C13H18F3NO2/c1-3-11(17-2)10-6-4-5-7-12(10)18-8-9-19-13(14,15)16/h4-7,11,17H,3,8-9H2,1-2H3. The quantitative estimate of drug-likeness (QED) is 0.776. The summed E-state index contributed by atoms with van der Waals surface area (Å²) in [5, 5.41) is 3.13. The second-order valence-electron chi connectivity index (χ2n) is 3.93. The Kier molecular flexibility index (Phi) is 6.11. The average Bonchev–Trinajstić information content (AvgIpc) is 2.36. The number of ether oxygens (including phenoxy) is 2. The molecule has 0 saturated carbocycles. The zero-order valence-corrected chi connectivity index (χ0v) is 11.0. The van der Waals surface area contributed by atoms with Crippen molar-refractivity contribution < 1.29 is 22.6 Å². The van der Waals surface area contributed by atoms with E-state index in [2.05, 4.69) is 10.1 Å². The van der Waals surface area contributed by atoms with Crippen LogP contribution in [0.25, 0.3) is 0 Å². The van der Waals surface area contributed by atoms with Gasteiger partial charge in [-0.2, -0.15) is 0 Å². The van der Waals surface area contributed by atoms with Crippen LogP contribution in [-0.2, 0) is 4.74 Å². The van der Waals surface area contributed by atoms with Gasteiger partial charge in [-0.3, -0.25) is 4.74 Å². The molecule has 0 saturated heterocycles. The number of hydrogen-bond acceptors (Lipinski definition) is 3. The van der Waals surface area contributed by atoms with E-state index in [0.717, 1.165) is 12.0 Å². The Bertz CT molecular complexity index is 378. The van der Waals surface area contributed by atoms with Gasteiger partial charge in [0.25, 0.3) is 0 Å². The number of rotatable bonds is 7. The van der Waals surface area contributed by atoms with Gasteiger partial charge >= 0.3 is 6.36 Å². The summed E-state index contributed by atoms with van der Waals surface area (Å²) >= 11 is 0. The van der Waals surface area contributed by atoms with Crippen LogP contribution in [0.15, 0.2) is 24.3 Å². The highest BCUT2D eigenvalue weighted by atomic mass is 19.4. The molecule has 1 atom stereocenters. The van der Waals surface area contributed by atoms with E-state index in [4.69, 9.17) is 4.74 Å². The maximum Gasteiger partial charge on any atom is 0.522 e. The van der Waals surface area contributed by atoms with Crippen LogP contribution in [0.3, 0.4) is 0 Å². The van der Waals surface area contributed by atoms with Crippen molar-refractivity contribution >= 4 is 0 Å². The molecular formula is C13H18F3NO2. The molecule has 3 nitrogen and oxygen atoms in total. The van der Waals surface area contributed by atoms with Crippen molar-refractivity contribution in [3.63, 3.8) is 0 Å². The minimum absolute atomic E-state index is 0.111. The first-order valence-corrected chi connectivity index (χ1v) is 6.07. The zero-order valence-electron chi connectivity index (χ0n) is 11.0. The summed E-state index contributed by atoms with van der Waals surface area (Å²) < 4.78 is 44.4. The van der Waals surface area contributed by atoms with E-state index in [1.807, 2.05) is 26.1 Å². The smallest absolute Gasteiger partial charge is 0.491 e. The second kappa shape index (κ2) is 7.35. The summed E-state index contributed by atoms with van der Waals surface area (Å²) in [4.78, 5) is 0. The molecule has 0 fully saturated rings. The first-order chi connectivity index (χ1) is 8.98. The third-order valence-electron chi connectivity index (χ3n) is 2.66. The monoisotopic (exact) mass is 277 g/mol. The van der Waals surface area contributed by atoms with Crippen molar-refractivity contribution in [1.82, 2.24) is 5.32 Å². The molecule has 0 aliphatic carbocycles. The van der Waals surface area contributed by atoms with Crippen LogP contribution < -0.4 is 10.1 Å². The summed E-state index contributed by atoms with van der Waals surface area (Å²) in [5.41, 5.74) is 0.930. The molecule has 0 bridgehead atoms. The number of benzene rings is 1. The molecule has 0 amide bonds. The lowest BCUT2D eigenvalue weighted by Gasteiger charge is -2.18. The fourth-order valence-corrected chi connectivity index (χ4v) is 1.79. The van der Waals surface area contributed by atoms with Gasteiger partial charge in [0.1, 0.15) is 12.4 Å². The molecule has 1 rings (SSSR count). The summed E-state index contributed by atoms with van der Waals surface area (Å²) in [5.74, 6) is 0.578. The Labute approximate surface area is 110 Å². The Morgan fingerprint density at radius 3 is 2.47 bits per heavy atom. The SMILES string of the molecule is CCC(NC)c1ccccc1OCCOC(F)(F)F.